The van der Waals surface area contributed by atoms with E-state index in [-0.39, 0.29) is 26.2 Å². The van der Waals surface area contributed by atoms with Gasteiger partial charge in [0.1, 0.15) is 5.75 Å². The van der Waals surface area contributed by atoms with Gasteiger partial charge in [-0.25, -0.2) is 8.78 Å². The third-order valence-corrected chi connectivity index (χ3v) is 7.74. The highest BCUT2D eigenvalue weighted by Crippen LogP contribution is 2.34. The molecule has 0 aromatic heterocycles. The number of carbonyl (C=O) groups is 2. The Hall–Kier alpha value is -1.71. The number of unbranched alkanes of at least 4 members (excludes halogenated alkanes) is 17. The van der Waals surface area contributed by atoms with Crippen LogP contribution < -0.4 is 0 Å². The van der Waals surface area contributed by atoms with E-state index in [1.54, 1.807) is 0 Å². The Morgan fingerprint density at radius 3 is 1.09 bits per heavy atom. The summed E-state index contributed by atoms with van der Waals surface area (Å²) in [6.07, 6.45) is -1.16. The van der Waals surface area contributed by atoms with Gasteiger partial charge in [0.05, 0.1) is 0 Å². The van der Waals surface area contributed by atoms with E-state index in [1.807, 2.05) is 0 Å². The van der Waals surface area contributed by atoms with Crippen LogP contribution in [0, 0.1) is 0 Å². The van der Waals surface area contributed by atoms with Crippen molar-refractivity contribution in [1.29, 1.82) is 0 Å². The molecule has 0 saturated carbocycles. The first-order valence-electron chi connectivity index (χ1n) is 15.6. The number of hydrogen-bond acceptors (Lipinski definition) is 6. The lowest BCUT2D eigenvalue weighted by Crippen LogP contribution is -2.46. The van der Waals surface area contributed by atoms with Crippen molar-refractivity contribution in [2.45, 2.75) is 166 Å². The third-order valence-electron chi connectivity index (χ3n) is 7.02. The van der Waals surface area contributed by atoms with Gasteiger partial charge in [-0.05, 0) is 12.8 Å². The Balaban J connectivity index is 3.59. The van der Waals surface area contributed by atoms with Gasteiger partial charge >= 0.3 is 24.3 Å². The number of alkyl halides is 8. The summed E-state index contributed by atoms with van der Waals surface area (Å²) in [6.45, 7) is 0.0674. The summed E-state index contributed by atoms with van der Waals surface area (Å²) < 4.78 is 140. The average molecular weight is 693 g/mol. The number of esters is 2. The Bertz CT molecular complexity index is 905. The van der Waals surface area contributed by atoms with Gasteiger partial charge in [-0.2, -0.15) is 34.8 Å². The van der Waals surface area contributed by atoms with E-state index in [0.29, 0.717) is 19.3 Å². The largest absolute Gasteiger partial charge is 0.451 e. The van der Waals surface area contributed by atoms with Gasteiger partial charge in [0.2, 0.25) is 6.10 Å². The zero-order valence-electron chi connectivity index (χ0n) is 25.8. The fourth-order valence-corrected chi connectivity index (χ4v) is 5.26. The van der Waals surface area contributed by atoms with Gasteiger partial charge in [-0.15, -0.1) is 0 Å². The monoisotopic (exact) mass is 692 g/mol. The van der Waals surface area contributed by atoms with Gasteiger partial charge in [0.25, 0.3) is 22.1 Å². The van der Waals surface area contributed by atoms with Crippen LogP contribution in [0.1, 0.15) is 135 Å². The average Bonchev–Trinajstić information content (AvgIpc) is 2.87. The molecule has 0 saturated heterocycles. The van der Waals surface area contributed by atoms with Gasteiger partial charge in [-0.1, -0.05) is 103 Å². The van der Waals surface area contributed by atoms with Crippen LogP contribution in [0.25, 0.3) is 0 Å². The number of rotatable bonds is 26. The normalized spacial score (nSPS) is 14.3. The lowest BCUT2D eigenvalue weighted by atomic mass is 10.0. The zero-order valence-corrected chi connectivity index (χ0v) is 26.6. The number of hydrogen-bond donors (Lipinski definition) is 1. The minimum Gasteiger partial charge on any atom is -0.451 e. The molecule has 45 heavy (non-hydrogen) atoms. The van der Waals surface area contributed by atoms with E-state index in [4.69, 9.17) is 4.55 Å². The molecule has 0 rings (SSSR count). The predicted octanol–water partition coefficient (Wildman–Crippen LogP) is 9.28. The molecule has 0 aromatic carbocycles. The fourth-order valence-electron chi connectivity index (χ4n) is 4.62. The minimum absolute atomic E-state index is 0.0674. The zero-order chi connectivity index (χ0) is 34.6. The highest BCUT2D eigenvalue weighted by Gasteiger charge is 2.56. The molecule has 0 aliphatic carbocycles. The molecule has 0 amide bonds. The molecule has 7 nitrogen and oxygen atoms in total. The van der Waals surface area contributed by atoms with E-state index >= 15 is 0 Å². The van der Waals surface area contributed by atoms with E-state index in [2.05, 4.69) is 9.47 Å². The molecule has 2 unspecified atom stereocenters. The summed E-state index contributed by atoms with van der Waals surface area (Å²) in [5, 5.41) is 0. The number of halogens is 8. The first kappa shape index (κ1) is 43.3. The molecule has 0 fully saturated rings. The van der Waals surface area contributed by atoms with Crippen LogP contribution in [0.4, 0.5) is 35.1 Å². The van der Waals surface area contributed by atoms with Crippen molar-refractivity contribution in [3.8, 4) is 0 Å². The molecule has 268 valence electrons. The highest BCUT2D eigenvalue weighted by molar-refractivity contribution is 7.85. The summed E-state index contributed by atoms with van der Waals surface area (Å²) in [6, 6.07) is 0. The lowest BCUT2D eigenvalue weighted by Gasteiger charge is -2.25. The minimum atomic E-state index is -5.33. The number of carbonyl (C=O) groups excluding carboxylic acids is 2. The Morgan fingerprint density at radius 2 is 0.844 bits per heavy atom. The summed E-state index contributed by atoms with van der Waals surface area (Å²) in [7, 11) is -4.96. The predicted molar refractivity (Wildman–Crippen MR) is 151 cm³/mol. The Labute approximate surface area is 260 Å². The highest BCUT2D eigenvalue weighted by atomic mass is 32.2. The van der Waals surface area contributed by atoms with Crippen molar-refractivity contribution in [1.82, 2.24) is 0 Å². The van der Waals surface area contributed by atoms with Crippen molar-refractivity contribution < 1.29 is 67.2 Å². The van der Waals surface area contributed by atoms with Crippen LogP contribution >= 0.6 is 0 Å². The molecule has 1 N–H and O–H groups in total. The SMILES string of the molecule is CC(F)(F)C(OC(=O)CCCCCCCCCCCCCCCCCCCCC(=O)OC(CS(=O)(=O)O)C(F)(F)F)C(F)(F)F. The maximum atomic E-state index is 13.1. The molecule has 0 aromatic rings. The molecule has 0 spiro atoms. The molecule has 2 atom stereocenters. The topological polar surface area (TPSA) is 107 Å². The standard InChI is InChI=1S/C29H48F8O7S/c1-27(30,31)26(29(35,36)37)44-25(39)21-19-17-15-13-11-9-7-5-3-2-4-6-8-10-12-14-16-18-20-24(38)43-23(28(32,33)34)22-45(40,41)42/h23,26H,2-22H2,1H3,(H,40,41,42). The Kier molecular flexibility index (Phi) is 21.1. The van der Waals surface area contributed by atoms with Gasteiger partial charge in [0.15, 0.2) is 0 Å². The molecule has 0 heterocycles. The van der Waals surface area contributed by atoms with Crippen LogP contribution in [-0.4, -0.2) is 61.1 Å². The molecule has 0 aliphatic heterocycles. The van der Waals surface area contributed by atoms with E-state index in [1.165, 1.54) is 0 Å². The van der Waals surface area contributed by atoms with E-state index in [9.17, 15) is 53.1 Å². The van der Waals surface area contributed by atoms with Crippen molar-refractivity contribution in [2.24, 2.45) is 0 Å². The molecule has 0 bridgehead atoms. The van der Waals surface area contributed by atoms with Crippen molar-refractivity contribution in [2.75, 3.05) is 5.75 Å². The summed E-state index contributed by atoms with van der Waals surface area (Å²) >= 11 is 0. The van der Waals surface area contributed by atoms with Crippen LogP contribution in [0.2, 0.25) is 0 Å². The van der Waals surface area contributed by atoms with Crippen molar-refractivity contribution in [3.63, 3.8) is 0 Å². The molecular formula is C29H48F8O7S. The van der Waals surface area contributed by atoms with Crippen molar-refractivity contribution in [3.05, 3.63) is 0 Å². The second-order valence-electron chi connectivity index (χ2n) is 11.5. The van der Waals surface area contributed by atoms with Crippen LogP contribution in [0.3, 0.4) is 0 Å². The molecule has 0 radical (unpaired) electrons. The Morgan fingerprint density at radius 1 is 0.556 bits per heavy atom. The smallest absolute Gasteiger partial charge is 0.431 e. The van der Waals surface area contributed by atoms with Crippen LogP contribution in [0.5, 0.6) is 0 Å². The second-order valence-corrected chi connectivity index (χ2v) is 13.0. The van der Waals surface area contributed by atoms with Crippen LogP contribution in [-0.2, 0) is 29.2 Å². The second kappa shape index (κ2) is 22.0. The number of ether oxygens (including phenoxy) is 2. The molecule has 16 heteroatoms. The van der Waals surface area contributed by atoms with E-state index < -0.39 is 58.3 Å². The van der Waals surface area contributed by atoms with Gasteiger partial charge in [0, 0.05) is 19.8 Å². The first-order chi connectivity index (χ1) is 20.7. The maximum absolute atomic E-state index is 13.1. The van der Waals surface area contributed by atoms with Crippen molar-refractivity contribution >= 4 is 22.1 Å². The quantitative estimate of drug-likeness (QED) is 0.0417. The molecule has 0 aliphatic rings. The molecular weight excluding hydrogens is 644 g/mol. The van der Waals surface area contributed by atoms with E-state index in [0.717, 1.165) is 89.9 Å². The fraction of sp³-hybridized carbons (Fsp3) is 0.931. The summed E-state index contributed by atoms with van der Waals surface area (Å²) in [4.78, 5) is 23.1. The van der Waals surface area contributed by atoms with Gasteiger partial charge in [-0.3, -0.25) is 14.1 Å². The van der Waals surface area contributed by atoms with Gasteiger partial charge < -0.3 is 9.47 Å². The third kappa shape index (κ3) is 25.1. The summed E-state index contributed by atoms with van der Waals surface area (Å²) in [5.74, 6) is -8.37. The van der Waals surface area contributed by atoms with Crippen LogP contribution in [0.15, 0.2) is 0 Å². The lowest BCUT2D eigenvalue weighted by molar-refractivity contribution is -0.273. The first-order valence-corrected chi connectivity index (χ1v) is 17.2. The summed E-state index contributed by atoms with van der Waals surface area (Å²) in [5.41, 5.74) is 0. The maximum Gasteiger partial charge on any atom is 0.431 e.